The highest BCUT2D eigenvalue weighted by Gasteiger charge is 2.12. The van der Waals surface area contributed by atoms with E-state index in [0.717, 1.165) is 27.6 Å². The van der Waals surface area contributed by atoms with Crippen LogP contribution in [0, 0.1) is 5.92 Å². The third kappa shape index (κ3) is 3.89. The highest BCUT2D eigenvalue weighted by molar-refractivity contribution is 9.10. The van der Waals surface area contributed by atoms with Crippen molar-refractivity contribution in [1.82, 2.24) is 0 Å². The van der Waals surface area contributed by atoms with Crippen molar-refractivity contribution in [3.63, 3.8) is 0 Å². The minimum atomic E-state index is 0.771. The Morgan fingerprint density at radius 2 is 2.00 bits per heavy atom. The third-order valence-electron chi connectivity index (χ3n) is 3.54. The maximum Gasteiger partial charge on any atom is 0.0593 e. The standard InChI is InChI=1S/C14H19BrClN/c15-14-12(16)7-4-8-13(14)17-10-9-11-5-2-1-3-6-11/h4,7-8,11,17H,1-3,5-6,9-10H2. The number of hydrogen-bond donors (Lipinski definition) is 1. The van der Waals surface area contributed by atoms with Gasteiger partial charge in [-0.1, -0.05) is 49.8 Å². The summed E-state index contributed by atoms with van der Waals surface area (Å²) in [5, 5.41) is 4.24. The van der Waals surface area contributed by atoms with Crippen LogP contribution in [0.5, 0.6) is 0 Å². The summed E-state index contributed by atoms with van der Waals surface area (Å²) >= 11 is 9.57. The number of anilines is 1. The Morgan fingerprint density at radius 1 is 1.24 bits per heavy atom. The lowest BCUT2D eigenvalue weighted by Crippen LogP contribution is -2.12. The molecule has 3 heteroatoms. The van der Waals surface area contributed by atoms with Crippen LogP contribution in [-0.2, 0) is 0 Å². The van der Waals surface area contributed by atoms with Crippen molar-refractivity contribution in [2.45, 2.75) is 38.5 Å². The van der Waals surface area contributed by atoms with Crippen molar-refractivity contribution < 1.29 is 0 Å². The van der Waals surface area contributed by atoms with E-state index in [9.17, 15) is 0 Å². The van der Waals surface area contributed by atoms with Crippen molar-refractivity contribution in [1.29, 1.82) is 0 Å². The molecule has 0 unspecified atom stereocenters. The van der Waals surface area contributed by atoms with E-state index >= 15 is 0 Å². The van der Waals surface area contributed by atoms with Crippen LogP contribution in [0.2, 0.25) is 5.02 Å². The molecule has 0 radical (unpaired) electrons. The van der Waals surface area contributed by atoms with Crippen molar-refractivity contribution in [3.8, 4) is 0 Å². The molecule has 1 aromatic carbocycles. The van der Waals surface area contributed by atoms with Crippen LogP contribution in [0.3, 0.4) is 0 Å². The Bertz CT molecular complexity index is 361. The van der Waals surface area contributed by atoms with Crippen LogP contribution in [0.25, 0.3) is 0 Å². The van der Waals surface area contributed by atoms with Gasteiger partial charge in [0.1, 0.15) is 0 Å². The second-order valence-corrected chi connectivity index (χ2v) is 6.02. The molecular weight excluding hydrogens is 298 g/mol. The first-order valence-electron chi connectivity index (χ1n) is 6.45. The summed E-state index contributed by atoms with van der Waals surface area (Å²) in [6.07, 6.45) is 8.39. The Hall–Kier alpha value is -0.210. The summed E-state index contributed by atoms with van der Waals surface area (Å²) < 4.78 is 0.977. The molecular formula is C14H19BrClN. The average molecular weight is 317 g/mol. The molecule has 1 aliphatic carbocycles. The molecule has 0 amide bonds. The highest BCUT2D eigenvalue weighted by atomic mass is 79.9. The molecule has 0 bridgehead atoms. The zero-order valence-corrected chi connectivity index (χ0v) is 12.4. The Labute approximate surface area is 117 Å². The minimum absolute atomic E-state index is 0.771. The van der Waals surface area contributed by atoms with E-state index in [0.29, 0.717) is 0 Å². The molecule has 0 saturated heterocycles. The molecule has 0 atom stereocenters. The predicted octanol–water partition coefficient (Wildman–Crippen LogP) is 5.48. The fraction of sp³-hybridized carbons (Fsp3) is 0.571. The number of hydrogen-bond acceptors (Lipinski definition) is 1. The van der Waals surface area contributed by atoms with E-state index < -0.39 is 0 Å². The zero-order valence-electron chi connectivity index (χ0n) is 10.0. The summed E-state index contributed by atoms with van der Waals surface area (Å²) in [7, 11) is 0. The molecule has 0 aliphatic heterocycles. The van der Waals surface area contributed by atoms with Gasteiger partial charge in [-0.2, -0.15) is 0 Å². The van der Waals surface area contributed by atoms with Gasteiger partial charge in [0.15, 0.2) is 0 Å². The summed E-state index contributed by atoms with van der Waals surface area (Å²) in [5.74, 6) is 0.925. The fourth-order valence-corrected chi connectivity index (χ4v) is 3.11. The van der Waals surface area contributed by atoms with Crippen molar-refractivity contribution in [2.75, 3.05) is 11.9 Å². The summed E-state index contributed by atoms with van der Waals surface area (Å²) in [6.45, 7) is 1.05. The molecule has 0 aromatic heterocycles. The molecule has 1 N–H and O–H groups in total. The molecule has 1 aliphatic rings. The zero-order chi connectivity index (χ0) is 12.1. The van der Waals surface area contributed by atoms with Crippen LogP contribution in [-0.4, -0.2) is 6.54 Å². The van der Waals surface area contributed by atoms with Crippen LogP contribution < -0.4 is 5.32 Å². The normalized spacial score (nSPS) is 17.1. The number of nitrogens with one attached hydrogen (secondary N) is 1. The average Bonchev–Trinajstić information content (AvgIpc) is 2.36. The van der Waals surface area contributed by atoms with Gasteiger partial charge in [0, 0.05) is 12.2 Å². The molecule has 1 saturated carbocycles. The molecule has 1 aromatic rings. The second kappa shape index (κ2) is 6.65. The Balaban J connectivity index is 1.79. The smallest absolute Gasteiger partial charge is 0.0593 e. The van der Waals surface area contributed by atoms with E-state index in [-0.39, 0.29) is 0 Å². The number of rotatable bonds is 4. The highest BCUT2D eigenvalue weighted by Crippen LogP contribution is 2.31. The van der Waals surface area contributed by atoms with Crippen molar-refractivity contribution >= 4 is 33.2 Å². The van der Waals surface area contributed by atoms with Crippen LogP contribution >= 0.6 is 27.5 Å². The lowest BCUT2D eigenvalue weighted by molar-refractivity contribution is 0.345. The van der Waals surface area contributed by atoms with E-state index in [1.165, 1.54) is 38.5 Å². The van der Waals surface area contributed by atoms with Gasteiger partial charge in [0.2, 0.25) is 0 Å². The van der Waals surface area contributed by atoms with Gasteiger partial charge in [-0.15, -0.1) is 0 Å². The molecule has 17 heavy (non-hydrogen) atoms. The van der Waals surface area contributed by atoms with Crippen molar-refractivity contribution in [3.05, 3.63) is 27.7 Å². The summed E-state index contributed by atoms with van der Waals surface area (Å²) in [4.78, 5) is 0. The van der Waals surface area contributed by atoms with Gasteiger partial charge in [0.25, 0.3) is 0 Å². The lowest BCUT2D eigenvalue weighted by atomic mass is 9.87. The predicted molar refractivity (Wildman–Crippen MR) is 78.8 cm³/mol. The molecule has 1 nitrogen and oxygen atoms in total. The Kier molecular flexibility index (Phi) is 5.17. The first kappa shape index (κ1) is 13.2. The second-order valence-electron chi connectivity index (χ2n) is 4.82. The maximum absolute atomic E-state index is 6.05. The van der Waals surface area contributed by atoms with Crippen LogP contribution in [0.4, 0.5) is 5.69 Å². The summed E-state index contributed by atoms with van der Waals surface area (Å²) in [5.41, 5.74) is 1.10. The molecule has 2 rings (SSSR count). The van der Waals surface area contributed by atoms with Gasteiger partial charge in [0.05, 0.1) is 9.50 Å². The maximum atomic E-state index is 6.05. The van der Waals surface area contributed by atoms with Gasteiger partial charge < -0.3 is 5.32 Å². The number of halogens is 2. The van der Waals surface area contributed by atoms with E-state index in [1.54, 1.807) is 0 Å². The Morgan fingerprint density at radius 3 is 2.76 bits per heavy atom. The monoisotopic (exact) mass is 315 g/mol. The SMILES string of the molecule is Clc1cccc(NCCC2CCCCC2)c1Br. The minimum Gasteiger partial charge on any atom is -0.384 e. The summed E-state index contributed by atoms with van der Waals surface area (Å²) in [6, 6.07) is 5.95. The van der Waals surface area contributed by atoms with Gasteiger partial charge in [-0.25, -0.2) is 0 Å². The largest absolute Gasteiger partial charge is 0.384 e. The van der Waals surface area contributed by atoms with Gasteiger partial charge in [-0.3, -0.25) is 0 Å². The third-order valence-corrected chi connectivity index (χ3v) is 4.94. The molecule has 0 spiro atoms. The van der Waals surface area contributed by atoms with E-state index in [2.05, 4.69) is 27.3 Å². The molecule has 0 heterocycles. The lowest BCUT2D eigenvalue weighted by Gasteiger charge is -2.21. The first-order valence-corrected chi connectivity index (χ1v) is 7.62. The fourth-order valence-electron chi connectivity index (χ4n) is 2.53. The van der Waals surface area contributed by atoms with Crippen LogP contribution in [0.15, 0.2) is 22.7 Å². The first-order chi connectivity index (χ1) is 8.27. The van der Waals surface area contributed by atoms with E-state index in [1.807, 2.05) is 12.1 Å². The quantitative estimate of drug-likeness (QED) is 0.775. The molecule has 94 valence electrons. The van der Waals surface area contributed by atoms with E-state index in [4.69, 9.17) is 11.6 Å². The topological polar surface area (TPSA) is 12.0 Å². The van der Waals surface area contributed by atoms with Gasteiger partial charge >= 0.3 is 0 Å². The number of benzene rings is 1. The van der Waals surface area contributed by atoms with Crippen LogP contribution in [0.1, 0.15) is 38.5 Å². The van der Waals surface area contributed by atoms with Gasteiger partial charge in [-0.05, 0) is 40.4 Å². The van der Waals surface area contributed by atoms with Crippen molar-refractivity contribution in [2.24, 2.45) is 5.92 Å². The molecule has 1 fully saturated rings.